The maximum Gasteiger partial charge on any atom is 0.270 e. The van der Waals surface area contributed by atoms with Gasteiger partial charge in [-0.15, -0.1) is 0 Å². The number of nitro benzene ring substituents is 1. The number of aromatic nitrogens is 1. The van der Waals surface area contributed by atoms with Crippen LogP contribution >= 0.6 is 0 Å². The minimum absolute atomic E-state index is 0.0150. The second kappa shape index (κ2) is 11.1. The lowest BCUT2D eigenvalue weighted by Crippen LogP contribution is -2.25. The Morgan fingerprint density at radius 1 is 0.951 bits per heavy atom. The van der Waals surface area contributed by atoms with Gasteiger partial charge in [0, 0.05) is 54.7 Å². The number of hydrogen-bond donors (Lipinski definition) is 1. The lowest BCUT2D eigenvalue weighted by molar-refractivity contribution is -0.384. The molecule has 9 heteroatoms. The summed E-state index contributed by atoms with van der Waals surface area (Å²) >= 11 is 0. The summed E-state index contributed by atoms with van der Waals surface area (Å²) in [5.41, 5.74) is 3.95. The molecule has 1 atom stereocenters. The predicted octanol–water partition coefficient (Wildman–Crippen LogP) is 6.30. The summed E-state index contributed by atoms with van der Waals surface area (Å²) in [6, 6.07) is 26.2. The predicted molar refractivity (Wildman–Crippen MR) is 151 cm³/mol. The molecule has 0 fully saturated rings. The number of halogens is 1. The molecule has 1 N–H and O–H groups in total. The molecule has 0 aliphatic carbocycles. The maximum absolute atomic E-state index is 14.4. The summed E-state index contributed by atoms with van der Waals surface area (Å²) in [6.45, 7) is 0.963. The number of rotatable bonds is 9. The number of benzene rings is 4. The minimum atomic E-state index is -0.552. The highest BCUT2D eigenvalue weighted by molar-refractivity contribution is 5.88. The second-order valence-corrected chi connectivity index (χ2v) is 9.93. The third-order valence-corrected chi connectivity index (χ3v) is 7.24. The van der Waals surface area contributed by atoms with Crippen molar-refractivity contribution in [2.75, 3.05) is 6.79 Å². The number of fused-ring (bicyclic) bond motifs is 2. The number of ether oxygens (including phenoxy) is 2. The third kappa shape index (κ3) is 5.60. The zero-order valence-corrected chi connectivity index (χ0v) is 22.0. The number of nitrogens with zero attached hydrogens (tertiary/aromatic N) is 2. The van der Waals surface area contributed by atoms with Gasteiger partial charge in [0.25, 0.3) is 5.69 Å². The van der Waals surface area contributed by atoms with E-state index < -0.39 is 16.7 Å². The number of amides is 1. The van der Waals surface area contributed by atoms with Crippen molar-refractivity contribution in [3.05, 3.63) is 135 Å². The van der Waals surface area contributed by atoms with Crippen LogP contribution in [-0.4, -0.2) is 22.2 Å². The molecule has 0 spiro atoms. The van der Waals surface area contributed by atoms with E-state index in [1.807, 2.05) is 53.2 Å². The fraction of sp³-hybridized carbons (Fsp3) is 0.156. The van der Waals surface area contributed by atoms with Gasteiger partial charge in [-0.05, 0) is 52.6 Å². The van der Waals surface area contributed by atoms with Gasteiger partial charge in [0.05, 0.1) is 4.92 Å². The molecule has 8 nitrogen and oxygen atoms in total. The molecule has 2 heterocycles. The van der Waals surface area contributed by atoms with Crippen molar-refractivity contribution < 1.29 is 23.6 Å². The summed E-state index contributed by atoms with van der Waals surface area (Å²) in [6.07, 6.45) is 1.93. The van der Waals surface area contributed by atoms with E-state index in [2.05, 4.69) is 5.32 Å². The lowest BCUT2D eigenvalue weighted by Gasteiger charge is -2.17. The fourth-order valence-electron chi connectivity index (χ4n) is 5.25. The Bertz CT molecular complexity index is 1750. The number of nitro groups is 1. The van der Waals surface area contributed by atoms with Gasteiger partial charge in [0.1, 0.15) is 5.82 Å². The van der Waals surface area contributed by atoms with E-state index in [0.29, 0.717) is 34.6 Å². The fourth-order valence-corrected chi connectivity index (χ4v) is 5.25. The van der Waals surface area contributed by atoms with Gasteiger partial charge < -0.3 is 19.4 Å². The van der Waals surface area contributed by atoms with Gasteiger partial charge >= 0.3 is 0 Å². The molecular formula is C32H26FN3O5. The summed E-state index contributed by atoms with van der Waals surface area (Å²) in [7, 11) is 0. The number of carbonyl (C=O) groups excluding carboxylic acids is 1. The van der Waals surface area contributed by atoms with Gasteiger partial charge in [0.2, 0.25) is 12.7 Å². The minimum Gasteiger partial charge on any atom is -0.454 e. The van der Waals surface area contributed by atoms with Crippen LogP contribution in [0, 0.1) is 15.9 Å². The van der Waals surface area contributed by atoms with E-state index in [1.54, 1.807) is 24.3 Å². The van der Waals surface area contributed by atoms with E-state index in [-0.39, 0.29) is 31.4 Å². The van der Waals surface area contributed by atoms with Crippen molar-refractivity contribution in [1.29, 1.82) is 0 Å². The molecule has 0 radical (unpaired) electrons. The molecular weight excluding hydrogens is 525 g/mol. The maximum atomic E-state index is 14.4. The van der Waals surface area contributed by atoms with E-state index in [1.165, 1.54) is 24.3 Å². The van der Waals surface area contributed by atoms with Crippen LogP contribution in [0.3, 0.4) is 0 Å². The van der Waals surface area contributed by atoms with Crippen molar-refractivity contribution >= 4 is 22.5 Å². The topological polar surface area (TPSA) is 95.6 Å². The van der Waals surface area contributed by atoms with Crippen molar-refractivity contribution in [3.8, 4) is 11.5 Å². The highest BCUT2D eigenvalue weighted by atomic mass is 19.1. The molecule has 41 heavy (non-hydrogen) atoms. The van der Waals surface area contributed by atoms with Crippen LogP contribution in [0.1, 0.15) is 34.6 Å². The number of hydrogen-bond acceptors (Lipinski definition) is 5. The van der Waals surface area contributed by atoms with E-state index >= 15 is 0 Å². The number of nitrogens with one attached hydrogen (secondary N) is 1. The van der Waals surface area contributed by atoms with Crippen LogP contribution in [0.15, 0.2) is 97.2 Å². The van der Waals surface area contributed by atoms with E-state index in [0.717, 1.165) is 16.6 Å². The van der Waals surface area contributed by atoms with Crippen LogP contribution in [0.5, 0.6) is 11.5 Å². The first-order valence-electron chi connectivity index (χ1n) is 13.2. The first-order chi connectivity index (χ1) is 19.9. The van der Waals surface area contributed by atoms with Gasteiger partial charge in [0.15, 0.2) is 11.5 Å². The van der Waals surface area contributed by atoms with Gasteiger partial charge in [-0.3, -0.25) is 14.9 Å². The normalized spacial score (nSPS) is 12.8. The van der Waals surface area contributed by atoms with Crippen molar-refractivity contribution in [3.63, 3.8) is 0 Å². The molecule has 0 saturated carbocycles. The summed E-state index contributed by atoms with van der Waals surface area (Å²) in [4.78, 5) is 24.6. The molecule has 4 aromatic carbocycles. The summed E-state index contributed by atoms with van der Waals surface area (Å²) in [5, 5.41) is 15.3. The van der Waals surface area contributed by atoms with Crippen LogP contribution in [0.25, 0.3) is 10.9 Å². The Kier molecular flexibility index (Phi) is 7.08. The standard InChI is InChI=1S/C32H26FN3O5/c33-24-8-4-7-23(14-24)26(16-32(37)34-17-22-9-12-30-31(13-22)41-20-40-30)28-19-35(18-21-5-2-1-3-6-21)29-11-10-25(36(38)39)15-27(28)29/h1-15,19,26H,16-18,20H2,(H,34,37)/t26-/m1/s1. The number of non-ortho nitro benzene ring substituents is 1. The van der Waals surface area contributed by atoms with Crippen LogP contribution in [-0.2, 0) is 17.9 Å². The molecule has 1 aliphatic rings. The SMILES string of the molecule is O=C(C[C@H](c1cccc(F)c1)c1cn(Cc2ccccc2)c2ccc([N+](=O)[O-])cc12)NCc1ccc2c(c1)OCO2. The molecule has 1 amide bonds. The quantitative estimate of drug-likeness (QED) is 0.171. The molecule has 6 rings (SSSR count). The van der Waals surface area contributed by atoms with Crippen molar-refractivity contribution in [2.45, 2.75) is 25.4 Å². The molecule has 1 aliphatic heterocycles. The Morgan fingerprint density at radius 3 is 2.59 bits per heavy atom. The Balaban J connectivity index is 1.36. The lowest BCUT2D eigenvalue weighted by atomic mass is 9.87. The third-order valence-electron chi connectivity index (χ3n) is 7.24. The number of carbonyl (C=O) groups is 1. The Hall–Kier alpha value is -5.18. The van der Waals surface area contributed by atoms with E-state index in [9.17, 15) is 19.3 Å². The Labute approximate surface area is 235 Å². The molecule has 0 bridgehead atoms. The highest BCUT2D eigenvalue weighted by Crippen LogP contribution is 2.37. The van der Waals surface area contributed by atoms with Crippen molar-refractivity contribution in [2.24, 2.45) is 0 Å². The summed E-state index contributed by atoms with van der Waals surface area (Å²) < 4.78 is 27.2. The first-order valence-corrected chi connectivity index (χ1v) is 13.2. The van der Waals surface area contributed by atoms with Gasteiger partial charge in [-0.1, -0.05) is 48.5 Å². The molecule has 206 valence electrons. The van der Waals surface area contributed by atoms with Crippen LogP contribution in [0.2, 0.25) is 0 Å². The van der Waals surface area contributed by atoms with Gasteiger partial charge in [-0.25, -0.2) is 4.39 Å². The van der Waals surface area contributed by atoms with Crippen molar-refractivity contribution in [1.82, 2.24) is 9.88 Å². The smallest absolute Gasteiger partial charge is 0.270 e. The average Bonchev–Trinajstić information content (AvgIpc) is 3.59. The monoisotopic (exact) mass is 551 g/mol. The first kappa shape index (κ1) is 26.1. The molecule has 0 unspecified atom stereocenters. The van der Waals surface area contributed by atoms with Gasteiger partial charge in [-0.2, -0.15) is 0 Å². The van der Waals surface area contributed by atoms with Crippen LogP contribution < -0.4 is 14.8 Å². The zero-order valence-electron chi connectivity index (χ0n) is 22.0. The molecule has 1 aromatic heterocycles. The molecule has 5 aromatic rings. The second-order valence-electron chi connectivity index (χ2n) is 9.93. The Morgan fingerprint density at radius 2 is 1.78 bits per heavy atom. The largest absolute Gasteiger partial charge is 0.454 e. The zero-order chi connectivity index (χ0) is 28.3. The average molecular weight is 552 g/mol. The summed E-state index contributed by atoms with van der Waals surface area (Å²) in [5.74, 6) is 0.0667. The molecule has 0 saturated heterocycles. The van der Waals surface area contributed by atoms with E-state index in [4.69, 9.17) is 9.47 Å². The highest BCUT2D eigenvalue weighted by Gasteiger charge is 2.25. The van der Waals surface area contributed by atoms with Crippen LogP contribution in [0.4, 0.5) is 10.1 Å².